The molecule has 0 N–H and O–H groups in total. The van der Waals surface area contributed by atoms with Crippen LogP contribution in [0.15, 0.2) is 66.7 Å². The molecule has 4 aromatic rings. The van der Waals surface area contributed by atoms with Crippen molar-refractivity contribution >= 4 is 56.4 Å². The third kappa shape index (κ3) is 3.54. The first-order chi connectivity index (χ1) is 16.4. The number of carbonyl (C=O) groups excluding carboxylic acids is 3. The van der Waals surface area contributed by atoms with E-state index in [4.69, 9.17) is 16.3 Å². The Bertz CT molecular complexity index is 1440. The largest absolute Gasteiger partial charge is 0.495 e. The number of para-hydroxylation sites is 2. The van der Waals surface area contributed by atoms with Gasteiger partial charge in [-0.3, -0.25) is 24.2 Å². The molecule has 0 radical (unpaired) electrons. The molecule has 0 saturated carbocycles. The van der Waals surface area contributed by atoms with Crippen LogP contribution in [0.4, 0.5) is 5.69 Å². The summed E-state index contributed by atoms with van der Waals surface area (Å²) in [5.41, 5.74) is 2.11. The first kappa shape index (κ1) is 22.1. The van der Waals surface area contributed by atoms with Crippen LogP contribution in [0.1, 0.15) is 36.0 Å². The average Bonchev–Trinajstić information content (AvgIpc) is 3.30. The van der Waals surface area contributed by atoms with Gasteiger partial charge in [-0.05, 0) is 42.8 Å². The fourth-order valence-electron chi connectivity index (χ4n) is 4.04. The van der Waals surface area contributed by atoms with Crippen LogP contribution in [0, 0.1) is 6.92 Å². The summed E-state index contributed by atoms with van der Waals surface area (Å²) in [7, 11) is 1.50. The first-order valence-corrected chi connectivity index (χ1v) is 11.7. The Morgan fingerprint density at radius 1 is 1.00 bits per heavy atom. The van der Waals surface area contributed by atoms with Crippen LogP contribution in [-0.4, -0.2) is 36.4 Å². The summed E-state index contributed by atoms with van der Waals surface area (Å²) in [6, 6.07) is 19.4. The van der Waals surface area contributed by atoms with E-state index in [9.17, 15) is 14.4 Å². The summed E-state index contributed by atoms with van der Waals surface area (Å²) >= 11 is 7.92. The molecule has 34 heavy (non-hydrogen) atoms. The van der Waals surface area contributed by atoms with Crippen LogP contribution in [0.3, 0.4) is 0 Å². The Morgan fingerprint density at radius 2 is 1.65 bits per heavy atom. The molecule has 0 fully saturated rings. The number of rotatable bonds is 5. The van der Waals surface area contributed by atoms with E-state index in [-0.39, 0.29) is 6.67 Å². The molecule has 1 aromatic heterocycles. The number of thiophene rings is 1. The van der Waals surface area contributed by atoms with E-state index in [0.29, 0.717) is 32.5 Å². The van der Waals surface area contributed by atoms with Crippen molar-refractivity contribution in [1.29, 1.82) is 0 Å². The second-order valence-electron chi connectivity index (χ2n) is 7.88. The summed E-state index contributed by atoms with van der Waals surface area (Å²) in [4.78, 5) is 42.8. The summed E-state index contributed by atoms with van der Waals surface area (Å²) < 4.78 is 6.37. The number of nitrogens with zero attached hydrogens (tertiary/aromatic N) is 2. The number of hydrogen-bond acceptors (Lipinski definition) is 5. The molecular weight excluding hydrogens is 472 g/mol. The number of imide groups is 1. The number of methoxy groups -OCH3 is 1. The van der Waals surface area contributed by atoms with Gasteiger partial charge in [0, 0.05) is 10.1 Å². The number of ether oxygens (including phenoxy) is 1. The van der Waals surface area contributed by atoms with Crippen molar-refractivity contribution in [2.24, 2.45) is 0 Å². The van der Waals surface area contributed by atoms with Gasteiger partial charge < -0.3 is 4.74 Å². The van der Waals surface area contributed by atoms with Crippen LogP contribution < -0.4 is 9.64 Å². The molecule has 6 nitrogen and oxygen atoms in total. The van der Waals surface area contributed by atoms with Gasteiger partial charge in [-0.2, -0.15) is 0 Å². The molecule has 0 atom stereocenters. The van der Waals surface area contributed by atoms with Gasteiger partial charge in [-0.25, -0.2) is 0 Å². The van der Waals surface area contributed by atoms with Gasteiger partial charge in [0.1, 0.15) is 17.3 Å². The number of benzene rings is 3. The molecule has 0 spiro atoms. The molecule has 0 aliphatic carbocycles. The van der Waals surface area contributed by atoms with Crippen LogP contribution in [-0.2, 0) is 0 Å². The summed E-state index contributed by atoms with van der Waals surface area (Å²) in [5.74, 6) is -0.900. The van der Waals surface area contributed by atoms with Gasteiger partial charge in [0.15, 0.2) is 0 Å². The minimum atomic E-state index is -0.452. The highest BCUT2D eigenvalue weighted by molar-refractivity contribution is 7.21. The zero-order chi connectivity index (χ0) is 24.0. The normalized spacial score (nSPS) is 12.9. The Hall–Kier alpha value is -3.68. The Labute approximate surface area is 204 Å². The molecule has 2 heterocycles. The maximum absolute atomic E-state index is 13.9. The van der Waals surface area contributed by atoms with Crippen LogP contribution in [0.5, 0.6) is 5.75 Å². The number of fused-ring (bicyclic) bond motifs is 2. The smallest absolute Gasteiger partial charge is 0.271 e. The van der Waals surface area contributed by atoms with E-state index in [1.165, 1.54) is 23.3 Å². The molecule has 3 amide bonds. The quantitative estimate of drug-likeness (QED) is 0.333. The molecule has 5 rings (SSSR count). The monoisotopic (exact) mass is 490 g/mol. The van der Waals surface area contributed by atoms with E-state index >= 15 is 0 Å². The standard InChI is InChI=1S/C26H19ClN2O4S/c1-15-11-12-18-21(13-15)34-23(22(18)27)26(32)28(19-9-5-6-10-20(19)33-2)14-29-24(30)16-7-3-4-8-17(16)25(29)31/h3-13H,14H2,1-2H3. The molecule has 170 valence electrons. The van der Waals surface area contributed by atoms with Gasteiger partial charge in [-0.1, -0.05) is 48.0 Å². The molecule has 1 aliphatic rings. The maximum atomic E-state index is 13.9. The highest BCUT2D eigenvalue weighted by Gasteiger charge is 2.38. The van der Waals surface area contributed by atoms with Crippen molar-refractivity contribution in [3.05, 3.63) is 93.3 Å². The topological polar surface area (TPSA) is 66.9 Å². The predicted octanol–water partition coefficient (Wildman–Crippen LogP) is 5.77. The van der Waals surface area contributed by atoms with E-state index < -0.39 is 17.7 Å². The molecule has 1 aliphatic heterocycles. The van der Waals surface area contributed by atoms with Crippen molar-refractivity contribution in [2.45, 2.75) is 6.92 Å². The fraction of sp³-hybridized carbons (Fsp3) is 0.115. The highest BCUT2D eigenvalue weighted by Crippen LogP contribution is 2.39. The Balaban J connectivity index is 1.60. The van der Waals surface area contributed by atoms with E-state index in [1.54, 1.807) is 48.5 Å². The van der Waals surface area contributed by atoms with Crippen LogP contribution in [0.25, 0.3) is 10.1 Å². The lowest BCUT2D eigenvalue weighted by molar-refractivity contribution is 0.0650. The number of aryl methyl sites for hydroxylation is 1. The van der Waals surface area contributed by atoms with Crippen molar-refractivity contribution < 1.29 is 19.1 Å². The fourth-order valence-corrected chi connectivity index (χ4v) is 5.60. The van der Waals surface area contributed by atoms with Crippen molar-refractivity contribution in [2.75, 3.05) is 18.7 Å². The Kier molecular flexibility index (Phi) is 5.59. The third-order valence-corrected chi connectivity index (χ3v) is 7.41. The highest BCUT2D eigenvalue weighted by atomic mass is 35.5. The zero-order valence-corrected chi connectivity index (χ0v) is 19.9. The predicted molar refractivity (Wildman–Crippen MR) is 133 cm³/mol. The molecule has 0 unspecified atom stereocenters. The number of anilines is 1. The first-order valence-electron chi connectivity index (χ1n) is 10.5. The summed E-state index contributed by atoms with van der Waals surface area (Å²) in [6.07, 6.45) is 0. The molecule has 0 bridgehead atoms. The lowest BCUT2D eigenvalue weighted by Crippen LogP contribution is -2.44. The van der Waals surface area contributed by atoms with Crippen molar-refractivity contribution in [3.63, 3.8) is 0 Å². The molecule has 0 saturated heterocycles. The van der Waals surface area contributed by atoms with E-state index in [2.05, 4.69) is 0 Å². The van der Waals surface area contributed by atoms with Crippen molar-refractivity contribution in [3.8, 4) is 5.75 Å². The van der Waals surface area contributed by atoms with Gasteiger partial charge in [-0.15, -0.1) is 11.3 Å². The minimum absolute atomic E-state index is 0.283. The summed E-state index contributed by atoms with van der Waals surface area (Å²) in [5, 5.41) is 1.12. The van der Waals surface area contributed by atoms with Crippen LogP contribution in [0.2, 0.25) is 5.02 Å². The maximum Gasteiger partial charge on any atom is 0.271 e. The molecule has 8 heteroatoms. The van der Waals surface area contributed by atoms with Gasteiger partial charge in [0.05, 0.1) is 28.9 Å². The number of halogens is 1. The van der Waals surface area contributed by atoms with Gasteiger partial charge in [0.25, 0.3) is 17.7 Å². The average molecular weight is 491 g/mol. The van der Waals surface area contributed by atoms with E-state index in [0.717, 1.165) is 20.5 Å². The van der Waals surface area contributed by atoms with Gasteiger partial charge in [0.2, 0.25) is 0 Å². The number of carbonyl (C=O) groups is 3. The van der Waals surface area contributed by atoms with E-state index in [1.807, 2.05) is 25.1 Å². The molecule has 3 aromatic carbocycles. The second kappa shape index (κ2) is 8.59. The zero-order valence-electron chi connectivity index (χ0n) is 18.4. The SMILES string of the molecule is COc1ccccc1N(CN1C(=O)c2ccccc2C1=O)C(=O)c1sc2cc(C)ccc2c1Cl. The lowest BCUT2D eigenvalue weighted by Gasteiger charge is -2.28. The summed E-state index contributed by atoms with van der Waals surface area (Å²) in [6.45, 7) is 1.69. The second-order valence-corrected chi connectivity index (χ2v) is 9.31. The van der Waals surface area contributed by atoms with Gasteiger partial charge >= 0.3 is 0 Å². The minimum Gasteiger partial charge on any atom is -0.495 e. The lowest BCUT2D eigenvalue weighted by atomic mass is 10.1. The third-order valence-electron chi connectivity index (χ3n) is 5.76. The van der Waals surface area contributed by atoms with Crippen LogP contribution >= 0.6 is 22.9 Å². The number of hydrogen-bond donors (Lipinski definition) is 0. The Morgan fingerprint density at radius 3 is 2.32 bits per heavy atom. The van der Waals surface area contributed by atoms with Crippen molar-refractivity contribution in [1.82, 2.24) is 4.90 Å². The number of amides is 3. The molecular formula is C26H19ClN2O4S.